The Balaban J connectivity index is 2.96. The summed E-state index contributed by atoms with van der Waals surface area (Å²) in [5.74, 6) is 0. The van der Waals surface area contributed by atoms with Gasteiger partial charge in [-0.05, 0) is 13.8 Å². The molecule has 1 rings (SSSR count). The van der Waals surface area contributed by atoms with Crippen LogP contribution in [0.1, 0.15) is 13.8 Å². The van der Waals surface area contributed by atoms with Crippen LogP contribution in [0.25, 0.3) is 0 Å². The van der Waals surface area contributed by atoms with Crippen LogP contribution >= 0.6 is 0 Å². The molecule has 1 saturated heterocycles. The van der Waals surface area contributed by atoms with Crippen molar-refractivity contribution in [2.75, 3.05) is 19.8 Å². The molecule has 4 nitrogen and oxygen atoms in total. The number of sulfonamides is 1. The van der Waals surface area contributed by atoms with Crippen LogP contribution in [0.15, 0.2) is 12.0 Å². The van der Waals surface area contributed by atoms with Crippen molar-refractivity contribution in [3.05, 3.63) is 12.0 Å². The minimum Gasteiger partial charge on any atom is -0.378 e. The van der Waals surface area contributed by atoms with E-state index in [1.54, 1.807) is 0 Å². The number of hydrogen-bond acceptors (Lipinski definition) is 3. The van der Waals surface area contributed by atoms with Gasteiger partial charge >= 0.3 is 0 Å². The molecule has 1 aliphatic heterocycles. The van der Waals surface area contributed by atoms with Gasteiger partial charge in [-0.25, -0.2) is 8.42 Å². The van der Waals surface area contributed by atoms with Crippen molar-refractivity contribution < 1.29 is 13.2 Å². The van der Waals surface area contributed by atoms with Gasteiger partial charge in [-0.15, -0.1) is 0 Å². The maximum absolute atomic E-state index is 11.5. The highest BCUT2D eigenvalue weighted by atomic mass is 32.2. The van der Waals surface area contributed by atoms with E-state index in [9.17, 15) is 8.42 Å². The van der Waals surface area contributed by atoms with Crippen LogP contribution in [0.4, 0.5) is 0 Å². The fourth-order valence-corrected chi connectivity index (χ4v) is 2.66. The second-order valence-electron chi connectivity index (χ2n) is 3.65. The molecule has 0 saturated carbocycles. The molecule has 0 aromatic heterocycles. The van der Waals surface area contributed by atoms with Crippen LogP contribution in [0.5, 0.6) is 0 Å². The predicted octanol–water partition coefficient (Wildman–Crippen LogP) is 0.570. The van der Waals surface area contributed by atoms with E-state index in [0.29, 0.717) is 19.8 Å². The van der Waals surface area contributed by atoms with Crippen LogP contribution in [0.2, 0.25) is 0 Å². The third kappa shape index (κ3) is 2.10. The zero-order valence-corrected chi connectivity index (χ0v) is 8.80. The molecule has 13 heavy (non-hydrogen) atoms. The van der Waals surface area contributed by atoms with Crippen LogP contribution in [0.3, 0.4) is 0 Å². The molecule has 0 N–H and O–H groups in total. The molecular weight excluding hydrogens is 190 g/mol. The molecule has 1 aliphatic rings. The highest BCUT2D eigenvalue weighted by Crippen LogP contribution is 2.22. The van der Waals surface area contributed by atoms with Crippen molar-refractivity contribution in [3.63, 3.8) is 0 Å². The highest BCUT2D eigenvalue weighted by Gasteiger charge is 2.37. The van der Waals surface area contributed by atoms with Gasteiger partial charge in [0.15, 0.2) is 0 Å². The highest BCUT2D eigenvalue weighted by molar-refractivity contribution is 7.92. The van der Waals surface area contributed by atoms with Gasteiger partial charge in [0.05, 0.1) is 18.8 Å². The molecule has 1 heterocycles. The standard InChI is InChI=1S/C8H15NO3S/c1-4-13(10,11)9-5-6-12-7-8(9,2)3/h4H,1,5-7H2,2-3H3. The second-order valence-corrected chi connectivity index (χ2v) is 5.45. The van der Waals surface area contributed by atoms with Crippen molar-refractivity contribution in [1.29, 1.82) is 0 Å². The first-order valence-electron chi connectivity index (χ1n) is 4.13. The van der Waals surface area contributed by atoms with Gasteiger partial charge in [0, 0.05) is 12.0 Å². The number of hydrogen-bond donors (Lipinski definition) is 0. The summed E-state index contributed by atoms with van der Waals surface area (Å²) in [6.45, 7) is 8.27. The molecule has 1 fully saturated rings. The van der Waals surface area contributed by atoms with Gasteiger partial charge in [0.25, 0.3) is 0 Å². The first-order chi connectivity index (χ1) is 5.90. The van der Waals surface area contributed by atoms with E-state index in [0.717, 1.165) is 5.41 Å². The summed E-state index contributed by atoms with van der Waals surface area (Å²) < 4.78 is 29.7. The van der Waals surface area contributed by atoms with Crippen molar-refractivity contribution in [2.45, 2.75) is 19.4 Å². The monoisotopic (exact) mass is 205 g/mol. The molecule has 0 spiro atoms. The molecule has 0 aliphatic carbocycles. The summed E-state index contributed by atoms with van der Waals surface area (Å²) in [6.07, 6.45) is 0. The molecule has 0 aromatic rings. The third-order valence-electron chi connectivity index (χ3n) is 2.09. The van der Waals surface area contributed by atoms with Crippen LogP contribution in [0, 0.1) is 0 Å². The quantitative estimate of drug-likeness (QED) is 0.662. The van der Waals surface area contributed by atoms with E-state index in [1.165, 1.54) is 4.31 Å². The van der Waals surface area contributed by atoms with Gasteiger partial charge < -0.3 is 4.74 Å². The Morgan fingerprint density at radius 2 is 2.15 bits per heavy atom. The number of morpholine rings is 1. The van der Waals surface area contributed by atoms with Crippen LogP contribution in [-0.4, -0.2) is 38.0 Å². The topological polar surface area (TPSA) is 46.6 Å². The lowest BCUT2D eigenvalue weighted by molar-refractivity contribution is -0.00708. The molecule has 0 bridgehead atoms. The van der Waals surface area contributed by atoms with Gasteiger partial charge in [-0.1, -0.05) is 6.58 Å². The molecule has 76 valence electrons. The number of ether oxygens (including phenoxy) is 1. The Labute approximate surface area is 79.2 Å². The number of nitrogens with zero attached hydrogens (tertiary/aromatic N) is 1. The number of rotatable bonds is 2. The van der Waals surface area contributed by atoms with E-state index in [4.69, 9.17) is 4.74 Å². The Bertz CT molecular complexity index is 295. The summed E-state index contributed by atoms with van der Waals surface area (Å²) >= 11 is 0. The Hall–Kier alpha value is -0.390. The molecule has 0 amide bonds. The van der Waals surface area contributed by atoms with Gasteiger partial charge in [-0.3, -0.25) is 0 Å². The normalized spacial score (nSPS) is 24.2. The lowest BCUT2D eigenvalue weighted by Crippen LogP contribution is -2.54. The molecule has 0 atom stereocenters. The second kappa shape index (κ2) is 3.40. The smallest absolute Gasteiger partial charge is 0.236 e. The average molecular weight is 205 g/mol. The Morgan fingerprint density at radius 1 is 1.54 bits per heavy atom. The molecular formula is C8H15NO3S. The van der Waals surface area contributed by atoms with Gasteiger partial charge in [0.1, 0.15) is 0 Å². The van der Waals surface area contributed by atoms with Crippen LogP contribution in [-0.2, 0) is 14.8 Å². The zero-order valence-electron chi connectivity index (χ0n) is 7.99. The third-order valence-corrected chi connectivity index (χ3v) is 3.80. The van der Waals surface area contributed by atoms with E-state index in [1.807, 2.05) is 13.8 Å². The average Bonchev–Trinajstić information content (AvgIpc) is 2.03. The minimum atomic E-state index is -3.31. The molecule has 5 heteroatoms. The van der Waals surface area contributed by atoms with Gasteiger partial charge in [-0.2, -0.15) is 4.31 Å². The first kappa shape index (κ1) is 10.7. The van der Waals surface area contributed by atoms with Crippen molar-refractivity contribution in [2.24, 2.45) is 0 Å². The molecule has 0 unspecified atom stereocenters. The summed E-state index contributed by atoms with van der Waals surface area (Å²) in [6, 6.07) is 0. The predicted molar refractivity (Wildman–Crippen MR) is 50.7 cm³/mol. The summed E-state index contributed by atoms with van der Waals surface area (Å²) in [7, 11) is -3.31. The van der Waals surface area contributed by atoms with Crippen LogP contribution < -0.4 is 0 Å². The van der Waals surface area contributed by atoms with Crippen molar-refractivity contribution in [3.8, 4) is 0 Å². The minimum absolute atomic E-state index is 0.404. The maximum Gasteiger partial charge on any atom is 0.236 e. The molecule has 0 radical (unpaired) electrons. The van der Waals surface area contributed by atoms with Crippen molar-refractivity contribution >= 4 is 10.0 Å². The lowest BCUT2D eigenvalue weighted by Gasteiger charge is -2.39. The zero-order chi connectivity index (χ0) is 10.1. The fraction of sp³-hybridized carbons (Fsp3) is 0.750. The van der Waals surface area contributed by atoms with E-state index >= 15 is 0 Å². The summed E-state index contributed by atoms with van der Waals surface area (Å²) in [5, 5.41) is 0.986. The van der Waals surface area contributed by atoms with Gasteiger partial charge in [0.2, 0.25) is 10.0 Å². The van der Waals surface area contributed by atoms with Crippen molar-refractivity contribution in [1.82, 2.24) is 4.31 Å². The maximum atomic E-state index is 11.5. The summed E-state index contributed by atoms with van der Waals surface area (Å²) in [4.78, 5) is 0. The summed E-state index contributed by atoms with van der Waals surface area (Å²) in [5.41, 5.74) is -0.467. The Morgan fingerprint density at radius 3 is 2.62 bits per heavy atom. The molecule has 0 aromatic carbocycles. The fourth-order valence-electron chi connectivity index (χ4n) is 1.41. The van der Waals surface area contributed by atoms with E-state index in [2.05, 4.69) is 6.58 Å². The SMILES string of the molecule is C=CS(=O)(=O)N1CCOCC1(C)C. The first-order valence-corrected chi connectivity index (χ1v) is 5.63. The lowest BCUT2D eigenvalue weighted by atomic mass is 10.1. The van der Waals surface area contributed by atoms with E-state index in [-0.39, 0.29) is 0 Å². The Kier molecular flexibility index (Phi) is 2.79. The largest absolute Gasteiger partial charge is 0.378 e. The van der Waals surface area contributed by atoms with E-state index < -0.39 is 15.6 Å².